The van der Waals surface area contributed by atoms with Crippen LogP contribution in [0.4, 0.5) is 5.69 Å². The predicted molar refractivity (Wildman–Crippen MR) is 79.4 cm³/mol. The lowest BCUT2D eigenvalue weighted by molar-refractivity contribution is 0.244. The Labute approximate surface area is 115 Å². The van der Waals surface area contributed by atoms with Gasteiger partial charge in [-0.1, -0.05) is 17.7 Å². The summed E-state index contributed by atoms with van der Waals surface area (Å²) in [5.41, 5.74) is 8.57. The Morgan fingerprint density at radius 3 is 2.83 bits per heavy atom. The molecule has 1 unspecified atom stereocenters. The monoisotopic (exact) mass is 266 g/mol. The van der Waals surface area contributed by atoms with Crippen LogP contribution in [0.15, 0.2) is 18.2 Å². The van der Waals surface area contributed by atoms with E-state index in [1.807, 2.05) is 6.07 Å². The van der Waals surface area contributed by atoms with E-state index in [0.29, 0.717) is 5.92 Å². The molecule has 0 aromatic heterocycles. The van der Waals surface area contributed by atoms with Gasteiger partial charge in [-0.2, -0.15) is 0 Å². The molecule has 3 heteroatoms. The topological polar surface area (TPSA) is 29.3 Å². The molecule has 0 radical (unpaired) electrons. The first kappa shape index (κ1) is 13.7. The van der Waals surface area contributed by atoms with Crippen LogP contribution in [0.25, 0.3) is 0 Å². The van der Waals surface area contributed by atoms with Crippen LogP contribution in [0, 0.1) is 12.8 Å². The second-order valence-electron chi connectivity index (χ2n) is 5.81. The van der Waals surface area contributed by atoms with Gasteiger partial charge in [-0.3, -0.25) is 0 Å². The van der Waals surface area contributed by atoms with Crippen molar-refractivity contribution in [3.63, 3.8) is 0 Å². The third kappa shape index (κ3) is 2.36. The minimum Gasteiger partial charge on any atom is -0.366 e. The van der Waals surface area contributed by atoms with Crippen molar-refractivity contribution in [2.45, 2.75) is 39.2 Å². The second-order valence-corrected chi connectivity index (χ2v) is 6.25. The molecule has 1 aliphatic heterocycles. The highest BCUT2D eigenvalue weighted by molar-refractivity contribution is 6.30. The van der Waals surface area contributed by atoms with Crippen LogP contribution in [0.1, 0.15) is 32.3 Å². The molecule has 1 aliphatic rings. The summed E-state index contributed by atoms with van der Waals surface area (Å²) in [6.07, 6.45) is 2.43. The first-order chi connectivity index (χ1) is 8.46. The number of hydrogen-bond acceptors (Lipinski definition) is 2. The van der Waals surface area contributed by atoms with Gasteiger partial charge in [0.1, 0.15) is 0 Å². The third-order valence-electron chi connectivity index (χ3n) is 4.38. The molecule has 2 nitrogen and oxygen atoms in total. The van der Waals surface area contributed by atoms with Crippen molar-refractivity contribution < 1.29 is 0 Å². The van der Waals surface area contributed by atoms with Gasteiger partial charge in [0.25, 0.3) is 0 Å². The fourth-order valence-electron chi connectivity index (χ4n) is 3.07. The fourth-order valence-corrected chi connectivity index (χ4v) is 3.23. The van der Waals surface area contributed by atoms with Gasteiger partial charge in [-0.15, -0.1) is 0 Å². The Morgan fingerprint density at radius 1 is 1.44 bits per heavy atom. The average molecular weight is 267 g/mol. The molecule has 0 aliphatic carbocycles. The maximum atomic E-state index is 6.15. The predicted octanol–water partition coefficient (Wildman–Crippen LogP) is 3.60. The van der Waals surface area contributed by atoms with Crippen LogP contribution >= 0.6 is 11.6 Å². The van der Waals surface area contributed by atoms with Gasteiger partial charge in [-0.25, -0.2) is 0 Å². The van der Waals surface area contributed by atoms with Crippen LogP contribution in [0.2, 0.25) is 5.02 Å². The smallest absolute Gasteiger partial charge is 0.0426 e. The van der Waals surface area contributed by atoms with E-state index in [4.69, 9.17) is 17.3 Å². The van der Waals surface area contributed by atoms with E-state index in [0.717, 1.165) is 18.1 Å². The molecular formula is C15H23ClN2. The second kappa shape index (κ2) is 5.10. The number of benzene rings is 1. The summed E-state index contributed by atoms with van der Waals surface area (Å²) in [5.74, 6) is 0.546. The molecule has 0 amide bonds. The van der Waals surface area contributed by atoms with Crippen molar-refractivity contribution in [2.75, 3.05) is 18.0 Å². The highest BCUT2D eigenvalue weighted by Crippen LogP contribution is 2.38. The molecule has 2 rings (SSSR count). The zero-order valence-corrected chi connectivity index (χ0v) is 12.3. The largest absolute Gasteiger partial charge is 0.366 e. The summed E-state index contributed by atoms with van der Waals surface area (Å²) in [6, 6.07) is 6.13. The number of rotatable bonds is 2. The number of hydrogen-bond donors (Lipinski definition) is 1. The molecule has 2 N–H and O–H groups in total. The molecule has 0 saturated carbocycles. The normalized spacial score (nSPS) is 23.2. The summed E-state index contributed by atoms with van der Waals surface area (Å²) in [4.78, 5) is 2.48. The van der Waals surface area contributed by atoms with Crippen LogP contribution in [0.3, 0.4) is 0 Å². The quantitative estimate of drug-likeness (QED) is 0.886. The molecule has 1 aromatic rings. The molecule has 0 spiro atoms. The molecule has 18 heavy (non-hydrogen) atoms. The Kier molecular flexibility index (Phi) is 3.88. The standard InChI is InChI=1S/C15H23ClN2/c1-11-6-7-13(16)9-14(11)18-8-4-5-12(10-17)15(18,2)3/h6-7,9,12H,4-5,8,10,17H2,1-3H3. The van der Waals surface area contributed by atoms with E-state index in [1.54, 1.807) is 0 Å². The first-order valence-electron chi connectivity index (χ1n) is 6.70. The Hall–Kier alpha value is -0.730. The third-order valence-corrected chi connectivity index (χ3v) is 4.61. The zero-order chi connectivity index (χ0) is 13.3. The Bertz CT molecular complexity index is 429. The number of piperidine rings is 1. The van der Waals surface area contributed by atoms with Crippen molar-refractivity contribution in [3.05, 3.63) is 28.8 Å². The lowest BCUT2D eigenvalue weighted by atomic mass is 9.78. The van der Waals surface area contributed by atoms with Crippen molar-refractivity contribution in [3.8, 4) is 0 Å². The maximum Gasteiger partial charge on any atom is 0.0426 e. The van der Waals surface area contributed by atoms with Crippen molar-refractivity contribution in [1.82, 2.24) is 0 Å². The highest BCUT2D eigenvalue weighted by atomic mass is 35.5. The maximum absolute atomic E-state index is 6.15. The summed E-state index contributed by atoms with van der Waals surface area (Å²) in [7, 11) is 0. The van der Waals surface area contributed by atoms with Crippen molar-refractivity contribution in [2.24, 2.45) is 11.7 Å². The number of aryl methyl sites for hydroxylation is 1. The van der Waals surface area contributed by atoms with Gasteiger partial charge < -0.3 is 10.6 Å². The SMILES string of the molecule is Cc1ccc(Cl)cc1N1CCCC(CN)C1(C)C. The van der Waals surface area contributed by atoms with Gasteiger partial charge in [0.05, 0.1) is 0 Å². The molecule has 1 heterocycles. The molecule has 0 bridgehead atoms. The lowest BCUT2D eigenvalue weighted by Crippen LogP contribution is -2.55. The van der Waals surface area contributed by atoms with Crippen molar-refractivity contribution >= 4 is 17.3 Å². The van der Waals surface area contributed by atoms with E-state index in [2.05, 4.69) is 37.8 Å². The van der Waals surface area contributed by atoms with Gasteiger partial charge in [-0.05, 0) is 63.8 Å². The summed E-state index contributed by atoms with van der Waals surface area (Å²) in [6.45, 7) is 8.58. The van der Waals surface area contributed by atoms with Crippen molar-refractivity contribution in [1.29, 1.82) is 0 Å². The van der Waals surface area contributed by atoms with Gasteiger partial charge in [0, 0.05) is 22.8 Å². The van der Waals surface area contributed by atoms with E-state index >= 15 is 0 Å². The molecule has 1 aromatic carbocycles. The zero-order valence-electron chi connectivity index (χ0n) is 11.5. The molecule has 1 fully saturated rings. The molecule has 100 valence electrons. The number of nitrogens with zero attached hydrogens (tertiary/aromatic N) is 1. The Balaban J connectivity index is 2.39. The van der Waals surface area contributed by atoms with Crippen LogP contribution < -0.4 is 10.6 Å². The summed E-state index contributed by atoms with van der Waals surface area (Å²) in [5, 5.41) is 0.807. The molecule has 1 atom stereocenters. The lowest BCUT2D eigenvalue weighted by Gasteiger charge is -2.49. The fraction of sp³-hybridized carbons (Fsp3) is 0.600. The van der Waals surface area contributed by atoms with Crippen LogP contribution in [-0.2, 0) is 0 Å². The average Bonchev–Trinajstić information content (AvgIpc) is 2.32. The Morgan fingerprint density at radius 2 is 2.17 bits per heavy atom. The number of halogens is 1. The minimum absolute atomic E-state index is 0.0996. The van der Waals surface area contributed by atoms with E-state index in [1.165, 1.54) is 24.1 Å². The van der Waals surface area contributed by atoms with E-state index in [-0.39, 0.29) is 5.54 Å². The highest BCUT2D eigenvalue weighted by Gasteiger charge is 2.38. The van der Waals surface area contributed by atoms with E-state index < -0.39 is 0 Å². The van der Waals surface area contributed by atoms with Crippen LogP contribution in [0.5, 0.6) is 0 Å². The molecular weight excluding hydrogens is 244 g/mol. The summed E-state index contributed by atoms with van der Waals surface area (Å²) >= 11 is 6.15. The molecule has 1 saturated heterocycles. The van der Waals surface area contributed by atoms with Gasteiger partial charge in [0.15, 0.2) is 0 Å². The first-order valence-corrected chi connectivity index (χ1v) is 7.08. The summed E-state index contributed by atoms with van der Waals surface area (Å²) < 4.78 is 0. The minimum atomic E-state index is 0.0996. The van der Waals surface area contributed by atoms with E-state index in [9.17, 15) is 0 Å². The number of nitrogens with two attached hydrogens (primary N) is 1. The number of anilines is 1. The van der Waals surface area contributed by atoms with Gasteiger partial charge in [0.2, 0.25) is 0 Å². The van der Waals surface area contributed by atoms with Crippen LogP contribution in [-0.4, -0.2) is 18.6 Å². The van der Waals surface area contributed by atoms with Gasteiger partial charge >= 0.3 is 0 Å².